The fourth-order valence-corrected chi connectivity index (χ4v) is 2.97. The van der Waals surface area contributed by atoms with Gasteiger partial charge in [0, 0.05) is 37.5 Å². The second-order valence-electron chi connectivity index (χ2n) is 6.41. The highest BCUT2D eigenvalue weighted by Gasteiger charge is 2.35. The van der Waals surface area contributed by atoms with Gasteiger partial charge in [-0.3, -0.25) is 14.4 Å². The van der Waals surface area contributed by atoms with Gasteiger partial charge in [-0.2, -0.15) is 0 Å². The molecule has 0 bridgehead atoms. The summed E-state index contributed by atoms with van der Waals surface area (Å²) in [6.07, 6.45) is 3.78. The van der Waals surface area contributed by atoms with Gasteiger partial charge in [0.2, 0.25) is 5.91 Å². The summed E-state index contributed by atoms with van der Waals surface area (Å²) in [5.74, 6) is -1.12. The number of methoxy groups -OCH3 is 1. The Balaban J connectivity index is 1.69. The van der Waals surface area contributed by atoms with Crippen LogP contribution in [0.3, 0.4) is 0 Å². The molecule has 1 aromatic rings. The van der Waals surface area contributed by atoms with Gasteiger partial charge in [-0.15, -0.1) is 0 Å². The lowest BCUT2D eigenvalue weighted by atomic mass is 10.0. The smallest absolute Gasteiger partial charge is 0.313 e. The Morgan fingerprint density at radius 1 is 1.24 bits per heavy atom. The van der Waals surface area contributed by atoms with Crippen LogP contribution in [0.1, 0.15) is 24.8 Å². The lowest BCUT2D eigenvalue weighted by Gasteiger charge is -2.30. The Hall–Kier alpha value is -2.41. The number of amides is 3. The topological polar surface area (TPSA) is 87.7 Å². The van der Waals surface area contributed by atoms with E-state index in [1.807, 2.05) is 11.0 Å². The van der Waals surface area contributed by atoms with Crippen molar-refractivity contribution in [2.24, 2.45) is 5.92 Å². The van der Waals surface area contributed by atoms with Crippen molar-refractivity contribution in [2.45, 2.75) is 25.7 Å². The van der Waals surface area contributed by atoms with Crippen molar-refractivity contribution < 1.29 is 19.1 Å². The monoisotopic (exact) mass is 345 g/mol. The summed E-state index contributed by atoms with van der Waals surface area (Å²) < 4.78 is 4.83. The number of fused-ring (bicyclic) bond motifs is 1. The van der Waals surface area contributed by atoms with E-state index >= 15 is 0 Å². The standard InChI is InChI=1S/C18H23N3O4/c1-25-10-8-19-16(22)17(23)20-14-7-6-12-3-2-9-21(15(12)11-14)18(24)13-4-5-13/h6-7,11,13H,2-5,8-10H2,1H3,(H,19,22)(H,20,23). The molecule has 134 valence electrons. The molecule has 1 saturated carbocycles. The summed E-state index contributed by atoms with van der Waals surface area (Å²) in [6.45, 7) is 1.32. The van der Waals surface area contributed by atoms with Gasteiger partial charge >= 0.3 is 11.8 Å². The zero-order valence-corrected chi connectivity index (χ0v) is 14.3. The van der Waals surface area contributed by atoms with E-state index in [0.717, 1.165) is 36.9 Å². The van der Waals surface area contributed by atoms with Crippen LogP contribution in [-0.2, 0) is 25.5 Å². The van der Waals surface area contributed by atoms with Crippen LogP contribution in [-0.4, -0.2) is 44.5 Å². The second-order valence-corrected chi connectivity index (χ2v) is 6.41. The number of carbonyl (C=O) groups excluding carboxylic acids is 3. The van der Waals surface area contributed by atoms with E-state index in [2.05, 4.69) is 10.6 Å². The third-order valence-electron chi connectivity index (χ3n) is 4.45. The van der Waals surface area contributed by atoms with Gasteiger partial charge < -0.3 is 20.3 Å². The number of nitrogens with one attached hydrogen (secondary N) is 2. The number of benzene rings is 1. The Morgan fingerprint density at radius 3 is 2.76 bits per heavy atom. The summed E-state index contributed by atoms with van der Waals surface area (Å²) in [5, 5.41) is 5.07. The molecule has 0 spiro atoms. The van der Waals surface area contributed by atoms with Gasteiger partial charge in [0.25, 0.3) is 0 Å². The number of anilines is 2. The predicted octanol–water partition coefficient (Wildman–Crippen LogP) is 1.08. The summed E-state index contributed by atoms with van der Waals surface area (Å²) in [6, 6.07) is 5.47. The molecule has 0 aromatic heterocycles. The SMILES string of the molecule is COCCNC(=O)C(=O)Nc1ccc2c(c1)N(C(=O)C1CC1)CCC2. The largest absolute Gasteiger partial charge is 0.383 e. The van der Waals surface area contributed by atoms with E-state index < -0.39 is 11.8 Å². The molecule has 0 saturated heterocycles. The quantitative estimate of drug-likeness (QED) is 0.617. The van der Waals surface area contributed by atoms with Crippen molar-refractivity contribution in [2.75, 3.05) is 37.0 Å². The maximum absolute atomic E-state index is 12.5. The fourth-order valence-electron chi connectivity index (χ4n) is 2.97. The summed E-state index contributed by atoms with van der Waals surface area (Å²) >= 11 is 0. The van der Waals surface area contributed by atoms with Crippen LogP contribution in [0.15, 0.2) is 18.2 Å². The Kier molecular flexibility index (Phi) is 5.33. The van der Waals surface area contributed by atoms with Crippen LogP contribution in [0.4, 0.5) is 11.4 Å². The van der Waals surface area contributed by atoms with Crippen LogP contribution in [0.5, 0.6) is 0 Å². The summed E-state index contributed by atoms with van der Waals surface area (Å²) in [5.41, 5.74) is 2.46. The Morgan fingerprint density at radius 2 is 2.04 bits per heavy atom. The zero-order valence-electron chi connectivity index (χ0n) is 14.3. The minimum Gasteiger partial charge on any atom is -0.383 e. The molecule has 7 nitrogen and oxygen atoms in total. The van der Waals surface area contributed by atoms with Crippen LogP contribution >= 0.6 is 0 Å². The number of rotatable bonds is 5. The molecule has 3 rings (SSSR count). The van der Waals surface area contributed by atoms with Gasteiger partial charge in [0.15, 0.2) is 0 Å². The van der Waals surface area contributed by atoms with E-state index in [4.69, 9.17) is 4.74 Å². The second kappa shape index (κ2) is 7.65. The minimum atomic E-state index is -0.730. The molecule has 0 atom stereocenters. The average molecular weight is 345 g/mol. The first-order valence-electron chi connectivity index (χ1n) is 8.62. The first-order valence-corrected chi connectivity index (χ1v) is 8.62. The first kappa shape index (κ1) is 17.4. The molecule has 2 N–H and O–H groups in total. The molecule has 3 amide bonds. The number of hydrogen-bond donors (Lipinski definition) is 2. The van der Waals surface area contributed by atoms with Crippen LogP contribution < -0.4 is 15.5 Å². The number of hydrogen-bond acceptors (Lipinski definition) is 4. The molecule has 0 unspecified atom stereocenters. The van der Waals surface area contributed by atoms with E-state index in [1.54, 1.807) is 12.1 Å². The fraction of sp³-hybridized carbons (Fsp3) is 0.500. The number of aryl methyl sites for hydroxylation is 1. The maximum Gasteiger partial charge on any atom is 0.313 e. The lowest BCUT2D eigenvalue weighted by Crippen LogP contribution is -2.38. The van der Waals surface area contributed by atoms with Crippen molar-refractivity contribution in [1.29, 1.82) is 0 Å². The van der Waals surface area contributed by atoms with Crippen molar-refractivity contribution >= 4 is 29.1 Å². The highest BCUT2D eigenvalue weighted by Crippen LogP contribution is 2.36. The molecule has 7 heteroatoms. The van der Waals surface area contributed by atoms with E-state index in [1.165, 1.54) is 7.11 Å². The van der Waals surface area contributed by atoms with Crippen molar-refractivity contribution in [1.82, 2.24) is 5.32 Å². The first-order chi connectivity index (χ1) is 12.1. The van der Waals surface area contributed by atoms with E-state index in [9.17, 15) is 14.4 Å². The van der Waals surface area contributed by atoms with Gasteiger partial charge in [0.1, 0.15) is 0 Å². The van der Waals surface area contributed by atoms with Crippen LogP contribution in [0.2, 0.25) is 0 Å². The molecule has 1 aliphatic carbocycles. The number of nitrogens with zero attached hydrogens (tertiary/aromatic N) is 1. The molecule has 2 aliphatic rings. The molecule has 1 fully saturated rings. The summed E-state index contributed by atoms with van der Waals surface area (Å²) in [4.78, 5) is 38.0. The number of carbonyl (C=O) groups is 3. The van der Waals surface area contributed by atoms with Gasteiger partial charge in [0.05, 0.1) is 6.61 Å². The highest BCUT2D eigenvalue weighted by molar-refractivity contribution is 6.39. The molecule has 1 heterocycles. The van der Waals surface area contributed by atoms with Gasteiger partial charge in [-0.25, -0.2) is 0 Å². The normalized spacial score (nSPS) is 16.1. The van der Waals surface area contributed by atoms with Gasteiger partial charge in [-0.1, -0.05) is 6.07 Å². The molecule has 25 heavy (non-hydrogen) atoms. The van der Waals surface area contributed by atoms with E-state index in [-0.39, 0.29) is 18.4 Å². The van der Waals surface area contributed by atoms with Crippen LogP contribution in [0.25, 0.3) is 0 Å². The maximum atomic E-state index is 12.5. The minimum absolute atomic E-state index is 0.149. The molecule has 1 aromatic carbocycles. The van der Waals surface area contributed by atoms with Crippen molar-refractivity contribution in [3.63, 3.8) is 0 Å². The van der Waals surface area contributed by atoms with Crippen molar-refractivity contribution in [3.8, 4) is 0 Å². The van der Waals surface area contributed by atoms with E-state index in [0.29, 0.717) is 18.8 Å². The zero-order chi connectivity index (χ0) is 17.8. The molecule has 1 aliphatic heterocycles. The third kappa shape index (κ3) is 4.17. The highest BCUT2D eigenvalue weighted by atomic mass is 16.5. The molecule has 0 radical (unpaired) electrons. The molecular formula is C18H23N3O4. The van der Waals surface area contributed by atoms with Crippen LogP contribution in [0, 0.1) is 5.92 Å². The van der Waals surface area contributed by atoms with Gasteiger partial charge in [-0.05, 0) is 43.4 Å². The third-order valence-corrected chi connectivity index (χ3v) is 4.45. The average Bonchev–Trinajstić information content (AvgIpc) is 3.45. The Labute approximate surface area is 146 Å². The lowest BCUT2D eigenvalue weighted by molar-refractivity contribution is -0.136. The summed E-state index contributed by atoms with van der Waals surface area (Å²) in [7, 11) is 1.52. The predicted molar refractivity (Wildman–Crippen MR) is 93.4 cm³/mol. The molecular weight excluding hydrogens is 322 g/mol. The van der Waals surface area contributed by atoms with Crippen molar-refractivity contribution in [3.05, 3.63) is 23.8 Å². The number of ether oxygens (including phenoxy) is 1. The Bertz CT molecular complexity index is 685.